The van der Waals surface area contributed by atoms with Crippen molar-refractivity contribution in [1.29, 1.82) is 0 Å². The maximum Gasteiger partial charge on any atom is -0.0771 e. The van der Waals surface area contributed by atoms with Gasteiger partial charge in [-0.15, -0.1) is 69.4 Å². The van der Waals surface area contributed by atoms with Gasteiger partial charge in [0.25, 0.3) is 0 Å². The fourth-order valence-electron chi connectivity index (χ4n) is 3.19. The second-order valence-electron chi connectivity index (χ2n) is 6.63. The first kappa shape index (κ1) is 27.0. The van der Waals surface area contributed by atoms with Gasteiger partial charge in [-0.2, -0.15) is 17.5 Å². The maximum atomic E-state index is 5.68. The fourth-order valence-corrected chi connectivity index (χ4v) is 5.37. The zero-order valence-electron chi connectivity index (χ0n) is 16.8. The minimum Gasteiger partial charge on any atom is -1.00 e. The summed E-state index contributed by atoms with van der Waals surface area (Å²) in [4.78, 5) is 0. The van der Waals surface area contributed by atoms with Crippen molar-refractivity contribution >= 4 is 48.9 Å². The van der Waals surface area contributed by atoms with Gasteiger partial charge < -0.3 is 24.8 Å². The van der Waals surface area contributed by atoms with Gasteiger partial charge in [0.15, 0.2) is 0 Å². The first-order chi connectivity index (χ1) is 13.7. The van der Waals surface area contributed by atoms with Crippen LogP contribution in [-0.2, 0) is 19.2 Å². The molecule has 0 nitrogen and oxygen atoms in total. The van der Waals surface area contributed by atoms with Crippen LogP contribution in [0.25, 0.3) is 32.3 Å². The molecule has 30 heavy (non-hydrogen) atoms. The second kappa shape index (κ2) is 14.1. The zero-order chi connectivity index (χ0) is 19.8. The van der Waals surface area contributed by atoms with E-state index < -0.39 is 5.50 Å². The first-order valence-corrected chi connectivity index (χ1v) is 14.6. The Bertz CT molecular complexity index is 1100. The molecular weight excluding hydrogens is 483 g/mol. The molecule has 0 radical (unpaired) electrons. The Labute approximate surface area is 208 Å². The second-order valence-corrected chi connectivity index (χ2v) is 13.6. The van der Waals surface area contributed by atoms with Gasteiger partial charge in [-0.05, 0) is 0 Å². The first-order valence-electron chi connectivity index (χ1n) is 9.55. The molecule has 0 fully saturated rings. The normalized spacial score (nSPS) is 9.60. The summed E-state index contributed by atoms with van der Waals surface area (Å²) >= 11 is 7.80. The zero-order valence-corrected chi connectivity index (χ0v) is 21.6. The van der Waals surface area contributed by atoms with Crippen molar-refractivity contribution in [3.63, 3.8) is 0 Å². The molecule has 0 aliphatic carbocycles. The molecule has 0 aromatic heterocycles. The van der Waals surface area contributed by atoms with Crippen LogP contribution in [0.4, 0.5) is 0 Å². The Hall–Kier alpha value is -1.06. The molecule has 5 aromatic carbocycles. The van der Waals surface area contributed by atoms with Crippen LogP contribution in [0.15, 0.2) is 97.1 Å². The number of halogens is 3. The summed E-state index contributed by atoms with van der Waals surface area (Å²) in [7, 11) is 0. The third-order valence-electron chi connectivity index (χ3n) is 4.54. The van der Waals surface area contributed by atoms with Gasteiger partial charge in [-0.1, -0.05) is 42.5 Å². The average Bonchev–Trinajstić information content (AvgIpc) is 3.33. The molecule has 0 saturated carbocycles. The monoisotopic (exact) mass is 504 g/mol. The van der Waals surface area contributed by atoms with Crippen molar-refractivity contribution in [2.24, 2.45) is 0 Å². The van der Waals surface area contributed by atoms with Gasteiger partial charge in [0.2, 0.25) is 0 Å². The van der Waals surface area contributed by atoms with E-state index in [0.717, 1.165) is 0 Å². The van der Waals surface area contributed by atoms with E-state index in [2.05, 4.69) is 123 Å². The van der Waals surface area contributed by atoms with Crippen LogP contribution in [0.1, 0.15) is 13.3 Å². The fraction of sp³-hybridized carbons (Fsp3) is 0.120. The van der Waals surface area contributed by atoms with Crippen LogP contribution in [0.3, 0.4) is 0 Å². The summed E-state index contributed by atoms with van der Waals surface area (Å²) in [6, 6.07) is 35.2. The Morgan fingerprint density at radius 3 is 1.73 bits per heavy atom. The van der Waals surface area contributed by atoms with E-state index in [4.69, 9.17) is 11.1 Å². The van der Waals surface area contributed by atoms with E-state index in [-0.39, 0.29) is 24.8 Å². The molecule has 0 spiro atoms. The molecule has 0 unspecified atom stereocenters. The molecular formula is C25H23Cl3SiTi-2. The molecule has 0 heterocycles. The molecule has 5 heteroatoms. The predicted molar refractivity (Wildman–Crippen MR) is 123 cm³/mol. The molecule has 0 aliphatic rings. The third kappa shape index (κ3) is 7.57. The van der Waals surface area contributed by atoms with Crippen LogP contribution >= 0.6 is 11.1 Å². The Kier molecular flexibility index (Phi) is 12.7. The van der Waals surface area contributed by atoms with E-state index in [1.807, 2.05) is 0 Å². The molecule has 5 rings (SSSR count). The molecule has 5 aromatic rings. The van der Waals surface area contributed by atoms with Gasteiger partial charge in [0.05, 0.1) is 0 Å². The topological polar surface area (TPSA) is 0 Å². The molecule has 0 aliphatic heterocycles. The Balaban J connectivity index is 0.000000235. The molecule has 0 saturated heterocycles. The van der Waals surface area contributed by atoms with Crippen molar-refractivity contribution in [3.05, 3.63) is 97.1 Å². The van der Waals surface area contributed by atoms with E-state index in [0.29, 0.717) is 0 Å². The number of hydrogen-bond acceptors (Lipinski definition) is 0. The van der Waals surface area contributed by atoms with Crippen molar-refractivity contribution in [3.8, 4) is 0 Å². The summed E-state index contributed by atoms with van der Waals surface area (Å²) in [6.07, 6.45) is 1.24. The van der Waals surface area contributed by atoms with Crippen molar-refractivity contribution in [2.75, 3.05) is 0 Å². The van der Waals surface area contributed by atoms with Crippen molar-refractivity contribution < 1.29 is 44.0 Å². The van der Waals surface area contributed by atoms with Crippen LogP contribution in [0.5, 0.6) is 0 Å². The maximum absolute atomic E-state index is 5.68. The van der Waals surface area contributed by atoms with Crippen LogP contribution in [-0.4, -0.2) is 5.50 Å². The minimum absolute atomic E-state index is 0. The van der Waals surface area contributed by atoms with E-state index >= 15 is 0 Å². The van der Waals surface area contributed by atoms with Gasteiger partial charge >= 0.3 is 55.1 Å². The smallest absolute Gasteiger partial charge is 0.0771 e. The van der Waals surface area contributed by atoms with Gasteiger partial charge in [0.1, 0.15) is 0 Å². The van der Waals surface area contributed by atoms with Gasteiger partial charge in [0, 0.05) is 0 Å². The molecule has 0 bridgehead atoms. The molecule has 0 amide bonds. The number of rotatable bonds is 2. The summed E-state index contributed by atoms with van der Waals surface area (Å²) in [6.45, 7) is 2.16. The van der Waals surface area contributed by atoms with Gasteiger partial charge in [-0.25, -0.2) is 0 Å². The van der Waals surface area contributed by atoms with Crippen molar-refractivity contribution in [1.82, 2.24) is 0 Å². The molecule has 0 atom stereocenters. The van der Waals surface area contributed by atoms with E-state index in [9.17, 15) is 0 Å². The summed E-state index contributed by atoms with van der Waals surface area (Å²) in [5, 5.41) is 8.05. The van der Waals surface area contributed by atoms with Crippen LogP contribution < -0.4 is 24.8 Å². The quantitative estimate of drug-likeness (QED) is 0.196. The number of hydrogen-bond donors (Lipinski definition) is 0. The Morgan fingerprint density at radius 1 is 0.767 bits per heavy atom. The number of fused-ring (bicyclic) bond motifs is 4. The van der Waals surface area contributed by atoms with Gasteiger partial charge in [-0.3, -0.25) is 0 Å². The van der Waals surface area contributed by atoms with Crippen molar-refractivity contribution in [2.45, 2.75) is 19.4 Å². The minimum atomic E-state index is -0.413. The predicted octanol–water partition coefficient (Wildman–Crippen LogP) is 1.95. The standard InChI is InChI=1S/C13H9.C9H7.C3H7ClSi.2ClH.Ti/c1-3-7-12-10(5-1)9-11-6-2-4-8-13(11)12;1-2-5-9-7-3-6-8(9)4-1;1-2-3-5-4;;;/h1-9H;1-7H;2-3H2,1H3;2*1H;/q2*-1;;;;+2/p-2. The third-order valence-corrected chi connectivity index (χ3v) is 7.22. The average molecular weight is 506 g/mol. The van der Waals surface area contributed by atoms with Crippen LogP contribution in [0.2, 0.25) is 6.04 Å². The van der Waals surface area contributed by atoms with E-state index in [1.54, 1.807) is 0 Å². The summed E-state index contributed by atoms with van der Waals surface area (Å²) in [5.41, 5.74) is -0.413. The largest absolute Gasteiger partial charge is 1.00 e. The van der Waals surface area contributed by atoms with Crippen LogP contribution in [0, 0.1) is 0 Å². The molecule has 0 N–H and O–H groups in total. The summed E-state index contributed by atoms with van der Waals surface area (Å²) in [5.74, 6) is 0. The SMILES string of the molecule is CCC[Si](Cl)=[Ti+2].[Cl-].[Cl-].c1ccc2[cH-]ccc2c1.c1ccc2c(c1)[cH-]c1ccccc12. The Morgan fingerprint density at radius 2 is 1.27 bits per heavy atom. The molecule has 154 valence electrons. The number of benzene rings is 3. The van der Waals surface area contributed by atoms with E-state index in [1.165, 1.54) is 44.8 Å². The summed E-state index contributed by atoms with van der Waals surface area (Å²) < 4.78 is 0.